The molecule has 0 atom stereocenters. The first-order valence-corrected chi connectivity index (χ1v) is 10.2. The van der Waals surface area contributed by atoms with Gasteiger partial charge in [-0.05, 0) is 54.7 Å². The Morgan fingerprint density at radius 3 is 2.21 bits per heavy atom. The molecule has 2 aliphatic heterocycles. The molecule has 2 aliphatic rings. The molecular weight excluding hydrogens is 414 g/mol. The number of hydrogen-bond acceptors (Lipinski definition) is 3. The van der Waals surface area contributed by atoms with E-state index in [1.165, 1.54) is 30.3 Å². The third-order valence-corrected chi connectivity index (χ3v) is 6.19. The lowest BCUT2D eigenvalue weighted by Gasteiger charge is -2.32. The maximum absolute atomic E-state index is 13.5. The van der Waals surface area contributed by atoms with Crippen LogP contribution in [0, 0.1) is 11.7 Å². The average molecular weight is 433 g/mol. The number of anilines is 1. The van der Waals surface area contributed by atoms with Gasteiger partial charge in [-0.25, -0.2) is 9.29 Å². The van der Waals surface area contributed by atoms with Crippen molar-refractivity contribution in [3.05, 3.63) is 69.6 Å². The van der Waals surface area contributed by atoms with Gasteiger partial charge < -0.3 is 4.90 Å². The summed E-state index contributed by atoms with van der Waals surface area (Å²) < 4.78 is 13.5. The van der Waals surface area contributed by atoms with Crippen LogP contribution in [0.4, 0.5) is 10.1 Å². The van der Waals surface area contributed by atoms with Gasteiger partial charge in [-0.3, -0.25) is 9.59 Å². The van der Waals surface area contributed by atoms with E-state index in [1.807, 2.05) is 4.90 Å². The Morgan fingerprint density at radius 2 is 1.59 bits per heavy atom. The van der Waals surface area contributed by atoms with Crippen molar-refractivity contribution >= 4 is 46.3 Å². The Bertz CT molecular complexity index is 1010. The molecule has 0 bridgehead atoms. The van der Waals surface area contributed by atoms with Crippen LogP contribution < -0.4 is 4.90 Å². The minimum absolute atomic E-state index is 0.258. The van der Waals surface area contributed by atoms with Gasteiger partial charge in [-0.15, -0.1) is 0 Å². The zero-order valence-corrected chi connectivity index (χ0v) is 17.3. The number of hydrogen-bond donors (Lipinski definition) is 0. The van der Waals surface area contributed by atoms with Gasteiger partial charge >= 0.3 is 0 Å². The molecule has 0 spiro atoms. The highest BCUT2D eigenvalue weighted by atomic mass is 35.5. The second-order valence-electron chi connectivity index (χ2n) is 7.44. The van der Waals surface area contributed by atoms with Crippen molar-refractivity contribution < 1.29 is 14.0 Å². The van der Waals surface area contributed by atoms with Crippen LogP contribution >= 0.6 is 23.2 Å². The van der Waals surface area contributed by atoms with Gasteiger partial charge in [0.25, 0.3) is 11.8 Å². The molecule has 7 heteroatoms. The molecule has 1 saturated heterocycles. The van der Waals surface area contributed by atoms with E-state index in [0.717, 1.165) is 17.7 Å². The summed E-state index contributed by atoms with van der Waals surface area (Å²) in [6.07, 6.45) is 1.88. The maximum atomic E-state index is 13.5. The van der Waals surface area contributed by atoms with Crippen LogP contribution in [0.2, 0.25) is 10.0 Å². The van der Waals surface area contributed by atoms with Gasteiger partial charge in [-0.2, -0.15) is 0 Å². The number of rotatable bonds is 3. The van der Waals surface area contributed by atoms with Gasteiger partial charge in [0, 0.05) is 13.1 Å². The normalized spacial score (nSPS) is 18.2. The number of halogens is 3. The highest BCUT2D eigenvalue weighted by Gasteiger charge is 2.43. The molecule has 2 aromatic carbocycles. The van der Waals surface area contributed by atoms with Gasteiger partial charge in [0.2, 0.25) is 0 Å². The van der Waals surface area contributed by atoms with Crippen LogP contribution in [0.15, 0.2) is 48.2 Å². The Balaban J connectivity index is 1.81. The van der Waals surface area contributed by atoms with Crippen molar-refractivity contribution in [2.75, 3.05) is 18.0 Å². The second kappa shape index (κ2) is 7.81. The van der Waals surface area contributed by atoms with Crippen molar-refractivity contribution in [2.45, 2.75) is 19.8 Å². The predicted molar refractivity (Wildman–Crippen MR) is 112 cm³/mol. The summed E-state index contributed by atoms with van der Waals surface area (Å²) >= 11 is 12.1. The van der Waals surface area contributed by atoms with E-state index in [4.69, 9.17) is 23.2 Å². The topological polar surface area (TPSA) is 40.6 Å². The number of likely N-dealkylation sites (tertiary alicyclic amines) is 1. The molecule has 4 nitrogen and oxygen atoms in total. The van der Waals surface area contributed by atoms with E-state index >= 15 is 0 Å². The second-order valence-corrected chi connectivity index (χ2v) is 8.26. The molecule has 0 aromatic heterocycles. The summed E-state index contributed by atoms with van der Waals surface area (Å²) in [5.41, 5.74) is 1.52. The number of nitrogens with zero attached hydrogens (tertiary/aromatic N) is 2. The quantitative estimate of drug-likeness (QED) is 0.629. The average Bonchev–Trinajstić information content (AvgIpc) is 2.96. The van der Waals surface area contributed by atoms with E-state index in [9.17, 15) is 14.0 Å². The van der Waals surface area contributed by atoms with Crippen LogP contribution in [-0.2, 0) is 9.59 Å². The zero-order valence-electron chi connectivity index (χ0n) is 15.8. The molecule has 0 N–H and O–H groups in total. The first-order valence-electron chi connectivity index (χ1n) is 9.46. The van der Waals surface area contributed by atoms with E-state index in [-0.39, 0.29) is 10.6 Å². The molecule has 150 valence electrons. The van der Waals surface area contributed by atoms with Crippen molar-refractivity contribution in [2.24, 2.45) is 5.92 Å². The van der Waals surface area contributed by atoms with Crippen molar-refractivity contribution in [3.8, 4) is 0 Å². The molecule has 0 unspecified atom stereocenters. The predicted octanol–water partition coefficient (Wildman–Crippen LogP) is 5.15. The molecule has 29 heavy (non-hydrogen) atoms. The Morgan fingerprint density at radius 1 is 0.931 bits per heavy atom. The molecule has 2 aromatic rings. The molecule has 0 radical (unpaired) electrons. The minimum atomic E-state index is -0.450. The SMILES string of the molecule is CC1CCN(C2=C(c3ccc(F)cc3)C(=O)N(c3ccc(Cl)c(Cl)c3)C2=O)CC1. The fourth-order valence-electron chi connectivity index (χ4n) is 3.78. The molecule has 0 aliphatic carbocycles. The number of benzene rings is 2. The molecular formula is C22H19Cl2FN2O2. The lowest BCUT2D eigenvalue weighted by Crippen LogP contribution is -2.38. The Labute approximate surface area is 178 Å². The number of piperidine rings is 1. The number of imide groups is 1. The highest BCUT2D eigenvalue weighted by molar-refractivity contribution is 6.46. The fourth-order valence-corrected chi connectivity index (χ4v) is 4.07. The highest BCUT2D eigenvalue weighted by Crippen LogP contribution is 2.38. The minimum Gasteiger partial charge on any atom is -0.366 e. The lowest BCUT2D eigenvalue weighted by molar-refractivity contribution is -0.120. The summed E-state index contributed by atoms with van der Waals surface area (Å²) in [5.74, 6) is -0.684. The van der Waals surface area contributed by atoms with Crippen molar-refractivity contribution in [1.29, 1.82) is 0 Å². The van der Waals surface area contributed by atoms with Crippen LogP contribution in [0.3, 0.4) is 0 Å². The summed E-state index contributed by atoms with van der Waals surface area (Å²) in [4.78, 5) is 29.9. The van der Waals surface area contributed by atoms with E-state index in [0.29, 0.717) is 41.0 Å². The summed E-state index contributed by atoms with van der Waals surface area (Å²) in [6, 6.07) is 10.3. The van der Waals surface area contributed by atoms with Crippen LogP contribution in [0.1, 0.15) is 25.3 Å². The summed E-state index contributed by atoms with van der Waals surface area (Å²) in [5, 5.41) is 0.597. The van der Waals surface area contributed by atoms with E-state index in [1.54, 1.807) is 12.1 Å². The van der Waals surface area contributed by atoms with Gasteiger partial charge in [0.05, 0.1) is 21.3 Å². The van der Waals surface area contributed by atoms with Crippen molar-refractivity contribution in [3.63, 3.8) is 0 Å². The first kappa shape index (κ1) is 19.9. The third-order valence-electron chi connectivity index (χ3n) is 5.45. The standard InChI is InChI=1S/C22H19Cl2FN2O2/c1-13-8-10-26(11-9-13)20-19(14-2-4-15(25)5-3-14)21(28)27(22(20)29)16-6-7-17(23)18(24)12-16/h2-7,12-13H,8-11H2,1H3. The third kappa shape index (κ3) is 3.65. The Kier molecular flexibility index (Phi) is 5.36. The van der Waals surface area contributed by atoms with Crippen LogP contribution in [0.25, 0.3) is 5.57 Å². The number of amides is 2. The largest absolute Gasteiger partial charge is 0.366 e. The van der Waals surface area contributed by atoms with Crippen LogP contribution in [0.5, 0.6) is 0 Å². The van der Waals surface area contributed by atoms with Gasteiger partial charge in [0.15, 0.2) is 0 Å². The van der Waals surface area contributed by atoms with Gasteiger partial charge in [-0.1, -0.05) is 42.3 Å². The van der Waals surface area contributed by atoms with Gasteiger partial charge in [0.1, 0.15) is 11.5 Å². The molecule has 4 rings (SSSR count). The van der Waals surface area contributed by atoms with Crippen LogP contribution in [-0.4, -0.2) is 29.8 Å². The molecule has 0 saturated carbocycles. The smallest absolute Gasteiger partial charge is 0.282 e. The maximum Gasteiger partial charge on any atom is 0.282 e. The number of carbonyl (C=O) groups is 2. The fraction of sp³-hybridized carbons (Fsp3) is 0.273. The molecule has 2 amide bonds. The monoisotopic (exact) mass is 432 g/mol. The lowest BCUT2D eigenvalue weighted by atomic mass is 9.97. The van der Waals surface area contributed by atoms with Crippen molar-refractivity contribution in [1.82, 2.24) is 4.90 Å². The first-order chi connectivity index (χ1) is 13.9. The number of carbonyl (C=O) groups excluding carboxylic acids is 2. The molecule has 1 fully saturated rings. The van der Waals surface area contributed by atoms with E-state index in [2.05, 4.69) is 6.92 Å². The summed E-state index contributed by atoms with van der Waals surface area (Å²) in [7, 11) is 0. The Hall–Kier alpha value is -2.37. The summed E-state index contributed by atoms with van der Waals surface area (Å²) in [6.45, 7) is 3.56. The zero-order chi connectivity index (χ0) is 20.7. The molecule has 2 heterocycles. The van der Waals surface area contributed by atoms with E-state index < -0.39 is 17.6 Å².